The third-order valence-electron chi connectivity index (χ3n) is 2.35. The highest BCUT2D eigenvalue weighted by molar-refractivity contribution is 7.89. The van der Waals surface area contributed by atoms with Crippen molar-refractivity contribution < 1.29 is 22.7 Å². The van der Waals surface area contributed by atoms with Crippen molar-refractivity contribution in [2.24, 2.45) is 0 Å². The van der Waals surface area contributed by atoms with Gasteiger partial charge < -0.3 is 4.74 Å². The first-order valence-corrected chi connectivity index (χ1v) is 7.07. The van der Waals surface area contributed by atoms with Crippen LogP contribution in [0.5, 0.6) is 0 Å². The maximum absolute atomic E-state index is 11.8. The molecule has 0 heterocycles. The van der Waals surface area contributed by atoms with E-state index in [1.54, 1.807) is 18.2 Å². The molecule has 1 aromatic rings. The van der Waals surface area contributed by atoms with E-state index < -0.39 is 16.0 Å². The van der Waals surface area contributed by atoms with Crippen LogP contribution in [0.2, 0.25) is 0 Å². The van der Waals surface area contributed by atoms with Crippen LogP contribution in [0.1, 0.15) is 12.8 Å². The number of methoxy groups -OCH3 is 1. The number of Topliss-reactive ketones (excluding diaryl/α,β-unsaturated/α-hetero) is 1. The van der Waals surface area contributed by atoms with Crippen molar-refractivity contribution in [3.63, 3.8) is 0 Å². The fraction of sp³-hybridized carbons (Fsp3) is 0.333. The van der Waals surface area contributed by atoms with Gasteiger partial charge in [-0.15, -0.1) is 0 Å². The van der Waals surface area contributed by atoms with E-state index in [-0.39, 0.29) is 30.1 Å². The Bertz CT molecular complexity index is 538. The van der Waals surface area contributed by atoms with Crippen LogP contribution < -0.4 is 4.72 Å². The average molecular weight is 285 g/mol. The Hall–Kier alpha value is -1.73. The molecule has 7 heteroatoms. The van der Waals surface area contributed by atoms with E-state index in [4.69, 9.17) is 0 Å². The number of ether oxygens (including phenoxy) is 1. The molecule has 19 heavy (non-hydrogen) atoms. The molecule has 0 bridgehead atoms. The van der Waals surface area contributed by atoms with Crippen molar-refractivity contribution in [2.75, 3.05) is 13.7 Å². The van der Waals surface area contributed by atoms with Gasteiger partial charge in [-0.1, -0.05) is 18.2 Å². The van der Waals surface area contributed by atoms with Gasteiger partial charge in [0.05, 0.1) is 25.0 Å². The monoisotopic (exact) mass is 285 g/mol. The highest BCUT2D eigenvalue weighted by Gasteiger charge is 2.15. The highest BCUT2D eigenvalue weighted by atomic mass is 32.2. The topological polar surface area (TPSA) is 89.5 Å². The number of esters is 1. The van der Waals surface area contributed by atoms with Crippen LogP contribution in [0.25, 0.3) is 0 Å². The lowest BCUT2D eigenvalue weighted by Gasteiger charge is -2.05. The SMILES string of the molecule is COC(=O)CCC(=O)CNS(=O)(=O)c1ccccc1. The summed E-state index contributed by atoms with van der Waals surface area (Å²) in [6.07, 6.45) is -0.105. The minimum Gasteiger partial charge on any atom is -0.469 e. The Morgan fingerprint density at radius 2 is 1.79 bits per heavy atom. The van der Waals surface area contributed by atoms with Gasteiger partial charge in [0, 0.05) is 6.42 Å². The maximum atomic E-state index is 11.8. The van der Waals surface area contributed by atoms with E-state index in [1.807, 2.05) is 0 Å². The molecule has 1 aromatic carbocycles. The molecule has 0 unspecified atom stereocenters. The number of hydrogen-bond acceptors (Lipinski definition) is 5. The molecule has 0 atom stereocenters. The van der Waals surface area contributed by atoms with Crippen LogP contribution in [0.15, 0.2) is 35.2 Å². The van der Waals surface area contributed by atoms with Crippen LogP contribution in [0.3, 0.4) is 0 Å². The molecule has 0 saturated heterocycles. The molecule has 1 rings (SSSR count). The number of nitrogens with one attached hydrogen (secondary N) is 1. The number of rotatable bonds is 7. The zero-order valence-corrected chi connectivity index (χ0v) is 11.3. The fourth-order valence-electron chi connectivity index (χ4n) is 1.29. The summed E-state index contributed by atoms with van der Waals surface area (Å²) in [5.74, 6) is -0.871. The molecule has 104 valence electrons. The van der Waals surface area contributed by atoms with E-state index in [0.29, 0.717) is 0 Å². The molecule has 0 aliphatic rings. The van der Waals surface area contributed by atoms with Gasteiger partial charge >= 0.3 is 5.97 Å². The number of carbonyl (C=O) groups excluding carboxylic acids is 2. The third-order valence-corrected chi connectivity index (χ3v) is 3.77. The summed E-state index contributed by atoms with van der Waals surface area (Å²) in [5.41, 5.74) is 0. The predicted octanol–water partition coefficient (Wildman–Crippen LogP) is 0.487. The second kappa shape index (κ2) is 7.01. The number of benzene rings is 1. The van der Waals surface area contributed by atoms with Crippen LogP contribution in [-0.2, 0) is 24.3 Å². The van der Waals surface area contributed by atoms with Crippen molar-refractivity contribution >= 4 is 21.8 Å². The first-order valence-electron chi connectivity index (χ1n) is 5.59. The van der Waals surface area contributed by atoms with Gasteiger partial charge in [0.2, 0.25) is 10.0 Å². The standard InChI is InChI=1S/C12H15NO5S/c1-18-12(15)8-7-10(14)9-13-19(16,17)11-5-3-2-4-6-11/h2-6,13H,7-9H2,1H3. The van der Waals surface area contributed by atoms with Gasteiger partial charge in [-0.2, -0.15) is 0 Å². The Balaban J connectivity index is 2.48. The van der Waals surface area contributed by atoms with Crippen LogP contribution >= 0.6 is 0 Å². The van der Waals surface area contributed by atoms with Gasteiger partial charge in [-0.25, -0.2) is 13.1 Å². The molecule has 0 amide bonds. The lowest BCUT2D eigenvalue weighted by molar-refractivity contribution is -0.141. The van der Waals surface area contributed by atoms with Crippen LogP contribution in [0.4, 0.5) is 0 Å². The normalized spacial score (nSPS) is 11.0. The lowest BCUT2D eigenvalue weighted by Crippen LogP contribution is -2.29. The van der Waals surface area contributed by atoms with E-state index in [9.17, 15) is 18.0 Å². The summed E-state index contributed by atoms with van der Waals surface area (Å²) in [5, 5.41) is 0. The quantitative estimate of drug-likeness (QED) is 0.736. The number of carbonyl (C=O) groups is 2. The Kier molecular flexibility index (Phi) is 5.65. The highest BCUT2D eigenvalue weighted by Crippen LogP contribution is 2.06. The minimum absolute atomic E-state index is 0.0516. The van der Waals surface area contributed by atoms with Crippen molar-refractivity contribution in [3.8, 4) is 0 Å². The first kappa shape index (κ1) is 15.3. The summed E-state index contributed by atoms with van der Waals surface area (Å²) in [7, 11) is -2.46. The summed E-state index contributed by atoms with van der Waals surface area (Å²) in [6.45, 7) is -0.339. The molecule has 6 nitrogen and oxygen atoms in total. The summed E-state index contributed by atoms with van der Waals surface area (Å²) >= 11 is 0. The van der Waals surface area contributed by atoms with E-state index in [2.05, 4.69) is 9.46 Å². The van der Waals surface area contributed by atoms with Gasteiger partial charge in [0.25, 0.3) is 0 Å². The zero-order valence-electron chi connectivity index (χ0n) is 10.5. The molecule has 0 radical (unpaired) electrons. The molecular formula is C12H15NO5S. The Morgan fingerprint density at radius 1 is 1.16 bits per heavy atom. The predicted molar refractivity (Wildman–Crippen MR) is 67.9 cm³/mol. The Labute approximate surface area is 111 Å². The molecule has 0 aliphatic heterocycles. The van der Waals surface area contributed by atoms with Gasteiger partial charge in [-0.3, -0.25) is 9.59 Å². The van der Waals surface area contributed by atoms with E-state index in [0.717, 1.165) is 0 Å². The van der Waals surface area contributed by atoms with Gasteiger partial charge in [0.1, 0.15) is 5.78 Å². The lowest BCUT2D eigenvalue weighted by atomic mass is 10.2. The van der Waals surface area contributed by atoms with Crippen molar-refractivity contribution in [1.29, 1.82) is 0 Å². The molecule has 0 aliphatic carbocycles. The smallest absolute Gasteiger partial charge is 0.305 e. The van der Waals surface area contributed by atoms with Crippen LogP contribution in [0, 0.1) is 0 Å². The molecular weight excluding hydrogens is 270 g/mol. The van der Waals surface area contributed by atoms with Crippen LogP contribution in [-0.4, -0.2) is 33.8 Å². The van der Waals surface area contributed by atoms with Gasteiger partial charge in [0.15, 0.2) is 0 Å². The Morgan fingerprint density at radius 3 is 2.37 bits per heavy atom. The first-order chi connectivity index (χ1) is 8.95. The zero-order chi connectivity index (χ0) is 14.3. The second-order valence-corrected chi connectivity index (χ2v) is 5.52. The van der Waals surface area contributed by atoms with Crippen molar-refractivity contribution in [3.05, 3.63) is 30.3 Å². The maximum Gasteiger partial charge on any atom is 0.305 e. The molecule has 0 spiro atoms. The molecule has 0 fully saturated rings. The third kappa shape index (κ3) is 5.19. The average Bonchev–Trinajstić information content (AvgIpc) is 2.43. The largest absolute Gasteiger partial charge is 0.469 e. The second-order valence-electron chi connectivity index (χ2n) is 3.75. The molecule has 0 aromatic heterocycles. The summed E-state index contributed by atoms with van der Waals surface area (Å²) in [6, 6.07) is 7.74. The number of ketones is 1. The molecule has 1 N–H and O–H groups in total. The van der Waals surface area contributed by atoms with Crippen molar-refractivity contribution in [1.82, 2.24) is 4.72 Å². The van der Waals surface area contributed by atoms with E-state index >= 15 is 0 Å². The van der Waals surface area contributed by atoms with Gasteiger partial charge in [-0.05, 0) is 12.1 Å². The summed E-state index contributed by atoms with van der Waals surface area (Å²) in [4.78, 5) is 22.3. The summed E-state index contributed by atoms with van der Waals surface area (Å²) < 4.78 is 30.1. The molecule has 0 saturated carbocycles. The number of sulfonamides is 1. The van der Waals surface area contributed by atoms with Crippen molar-refractivity contribution in [2.45, 2.75) is 17.7 Å². The number of hydrogen-bond donors (Lipinski definition) is 1. The fourth-order valence-corrected chi connectivity index (χ4v) is 2.32. The van der Waals surface area contributed by atoms with E-state index in [1.165, 1.54) is 19.2 Å². The minimum atomic E-state index is -3.69.